The largest absolute Gasteiger partial charge is 0.394 e. The van der Waals surface area contributed by atoms with Crippen LogP contribution in [0.3, 0.4) is 0 Å². The first kappa shape index (κ1) is 67.5. The molecule has 17 unspecified atom stereocenters. The summed E-state index contributed by atoms with van der Waals surface area (Å²) in [5, 5.41) is 120. The molecule has 0 bridgehead atoms. The number of carbonyl (C=O) groups is 1. The van der Waals surface area contributed by atoms with Gasteiger partial charge >= 0.3 is 0 Å². The Morgan fingerprint density at radius 3 is 1.37 bits per heavy atom. The fourth-order valence-corrected chi connectivity index (χ4v) is 9.93. The van der Waals surface area contributed by atoms with E-state index in [-0.39, 0.29) is 18.9 Å². The van der Waals surface area contributed by atoms with Crippen molar-refractivity contribution in [2.24, 2.45) is 0 Å². The minimum Gasteiger partial charge on any atom is -0.394 e. The highest BCUT2D eigenvalue weighted by molar-refractivity contribution is 5.76. The van der Waals surface area contributed by atoms with Crippen LogP contribution >= 0.6 is 0 Å². The maximum absolute atomic E-state index is 13.3. The maximum Gasteiger partial charge on any atom is 0.220 e. The molecule has 12 N–H and O–H groups in total. The lowest BCUT2D eigenvalue weighted by atomic mass is 9.96. The second kappa shape index (κ2) is 40.4. The van der Waals surface area contributed by atoms with Gasteiger partial charge in [0.15, 0.2) is 18.9 Å². The third-order valence-electron chi connectivity index (χ3n) is 14.8. The van der Waals surface area contributed by atoms with E-state index in [1.165, 1.54) is 89.9 Å². The average Bonchev–Trinajstić information content (AvgIpc) is 3.41. The Balaban J connectivity index is 1.50. The van der Waals surface area contributed by atoms with E-state index in [1.807, 2.05) is 0 Å². The van der Waals surface area contributed by atoms with Crippen LogP contribution in [0.5, 0.6) is 0 Å². The summed E-state index contributed by atoms with van der Waals surface area (Å²) < 4.78 is 34.2. The summed E-state index contributed by atoms with van der Waals surface area (Å²) in [5.74, 6) is -0.252. The number of amides is 1. The molecule has 1 amide bonds. The lowest BCUT2D eigenvalue weighted by molar-refractivity contribution is -0.379. The minimum absolute atomic E-state index is 0.252. The van der Waals surface area contributed by atoms with Gasteiger partial charge in [0.05, 0.1) is 38.6 Å². The van der Waals surface area contributed by atoms with Crippen LogP contribution in [-0.2, 0) is 33.2 Å². The first-order valence-electron chi connectivity index (χ1n) is 29.1. The summed E-state index contributed by atoms with van der Waals surface area (Å²) in [5.41, 5.74) is 0. The lowest BCUT2D eigenvalue weighted by Crippen LogP contribution is -2.66. The minimum atomic E-state index is -1.97. The Morgan fingerprint density at radius 2 is 0.880 bits per heavy atom. The SMILES string of the molecule is CCCCCC/C=C\C/C=C\CCCCCCCCCC(=O)NC(COC1OC(CO)C(OC2OC(CO)C(OC3OC(CO)C(O)C(O)C3O)C(O)C2O)C(O)C1O)C(O)CCCCCCCCCCCCCC. The monoisotopic (exact) mass is 1080 g/mol. The zero-order chi connectivity index (χ0) is 54.8. The second-order valence-electron chi connectivity index (χ2n) is 21.1. The van der Waals surface area contributed by atoms with E-state index in [0.29, 0.717) is 12.8 Å². The number of aliphatic hydroxyl groups is 11. The molecule has 0 aromatic rings. The second-order valence-corrected chi connectivity index (χ2v) is 21.1. The van der Waals surface area contributed by atoms with Crippen LogP contribution in [0.15, 0.2) is 24.3 Å². The van der Waals surface area contributed by atoms with Crippen molar-refractivity contribution in [1.82, 2.24) is 5.32 Å². The van der Waals surface area contributed by atoms with Gasteiger partial charge in [0.1, 0.15) is 73.2 Å². The van der Waals surface area contributed by atoms with Gasteiger partial charge in [-0.1, -0.05) is 167 Å². The van der Waals surface area contributed by atoms with E-state index in [1.54, 1.807) is 0 Å². The molecule has 19 heteroatoms. The van der Waals surface area contributed by atoms with E-state index in [4.69, 9.17) is 28.4 Å². The van der Waals surface area contributed by atoms with Crippen LogP contribution < -0.4 is 5.32 Å². The zero-order valence-electron chi connectivity index (χ0n) is 45.5. The van der Waals surface area contributed by atoms with Crippen molar-refractivity contribution in [3.8, 4) is 0 Å². The molecule has 3 rings (SSSR count). The number of hydrogen-bond donors (Lipinski definition) is 12. The third kappa shape index (κ3) is 25.1. The van der Waals surface area contributed by atoms with Crippen LogP contribution in [-0.4, -0.2) is 193 Å². The molecule has 0 radical (unpaired) electrons. The van der Waals surface area contributed by atoms with Crippen LogP contribution in [0.25, 0.3) is 0 Å². The van der Waals surface area contributed by atoms with Gasteiger partial charge in [-0.2, -0.15) is 0 Å². The number of unbranched alkanes of at least 4 members (excludes halogenated alkanes) is 22. The van der Waals surface area contributed by atoms with Crippen molar-refractivity contribution in [3.05, 3.63) is 24.3 Å². The van der Waals surface area contributed by atoms with Crippen molar-refractivity contribution in [2.45, 2.75) is 298 Å². The van der Waals surface area contributed by atoms with E-state index in [2.05, 4.69) is 43.5 Å². The van der Waals surface area contributed by atoms with Crippen LogP contribution in [0.2, 0.25) is 0 Å². The Bertz CT molecular complexity index is 1480. The molecule has 19 nitrogen and oxygen atoms in total. The topological polar surface area (TPSA) is 307 Å². The summed E-state index contributed by atoms with van der Waals surface area (Å²) in [6.45, 7) is 1.74. The number of aliphatic hydroxyl groups excluding tert-OH is 11. The highest BCUT2D eigenvalue weighted by Crippen LogP contribution is 2.33. The Hall–Kier alpha value is -1.73. The highest BCUT2D eigenvalue weighted by Gasteiger charge is 2.53. The van der Waals surface area contributed by atoms with Crippen LogP contribution in [0.4, 0.5) is 0 Å². The quantitative estimate of drug-likeness (QED) is 0.0298. The first-order valence-corrected chi connectivity index (χ1v) is 29.1. The van der Waals surface area contributed by atoms with Gasteiger partial charge in [0.25, 0.3) is 0 Å². The molecular formula is C56H103NO18. The van der Waals surface area contributed by atoms with Crippen molar-refractivity contribution in [1.29, 1.82) is 0 Å². The normalized spacial score (nSPS) is 31.3. The smallest absolute Gasteiger partial charge is 0.220 e. The van der Waals surface area contributed by atoms with Gasteiger partial charge in [0, 0.05) is 6.42 Å². The van der Waals surface area contributed by atoms with Crippen molar-refractivity contribution in [2.75, 3.05) is 26.4 Å². The predicted molar refractivity (Wildman–Crippen MR) is 282 cm³/mol. The lowest BCUT2D eigenvalue weighted by Gasteiger charge is -2.48. The Morgan fingerprint density at radius 1 is 0.480 bits per heavy atom. The molecule has 3 fully saturated rings. The van der Waals surface area contributed by atoms with Crippen LogP contribution in [0, 0.1) is 0 Å². The number of nitrogens with one attached hydrogen (secondary N) is 1. The van der Waals surface area contributed by atoms with Crippen LogP contribution in [0.1, 0.15) is 194 Å². The fraction of sp³-hybridized carbons (Fsp3) is 0.911. The fourth-order valence-electron chi connectivity index (χ4n) is 9.93. The molecular weight excluding hydrogens is 975 g/mol. The number of rotatable bonds is 42. The van der Waals surface area contributed by atoms with E-state index in [9.17, 15) is 61.0 Å². The Kier molecular flexibility index (Phi) is 36.4. The molecule has 0 aromatic heterocycles. The summed E-state index contributed by atoms with van der Waals surface area (Å²) in [6.07, 6.45) is 12.6. The van der Waals surface area contributed by atoms with Crippen molar-refractivity contribution in [3.63, 3.8) is 0 Å². The summed E-state index contributed by atoms with van der Waals surface area (Å²) in [6, 6.07) is -0.888. The highest BCUT2D eigenvalue weighted by atomic mass is 16.8. The van der Waals surface area contributed by atoms with Gasteiger partial charge < -0.3 is 89.9 Å². The standard InChI is InChI=1S/C56H103NO18/c1-3-5-7-9-11-13-15-17-18-19-20-21-22-24-26-28-30-32-34-44(62)57-39(40(61)33-31-29-27-25-23-16-14-12-10-8-6-4-2)38-70-54-50(68)47(65)52(42(36-59)72-54)75-56-51(69)48(66)53(43(37-60)73-56)74-55-49(67)46(64)45(63)41(35-58)71-55/h13,15,18-19,39-43,45-56,58-61,63-69H,3-12,14,16-17,20-38H2,1-2H3,(H,57,62)/b15-13-,19-18-. The number of carbonyl (C=O) groups excluding carboxylic acids is 1. The molecule has 0 aromatic carbocycles. The molecule has 3 heterocycles. The van der Waals surface area contributed by atoms with Crippen molar-refractivity contribution < 1.29 is 89.4 Å². The van der Waals surface area contributed by atoms with Gasteiger partial charge in [0.2, 0.25) is 5.91 Å². The van der Waals surface area contributed by atoms with Gasteiger partial charge in [-0.05, 0) is 44.9 Å². The average molecular weight is 1080 g/mol. The van der Waals surface area contributed by atoms with Crippen molar-refractivity contribution >= 4 is 5.91 Å². The predicted octanol–water partition coefficient (Wildman–Crippen LogP) is 4.37. The summed E-state index contributed by atoms with van der Waals surface area (Å²) in [7, 11) is 0. The molecule has 0 saturated carbocycles. The van der Waals surface area contributed by atoms with E-state index in [0.717, 1.165) is 70.6 Å². The maximum atomic E-state index is 13.3. The van der Waals surface area contributed by atoms with Gasteiger partial charge in [-0.3, -0.25) is 4.79 Å². The van der Waals surface area contributed by atoms with Gasteiger partial charge in [-0.15, -0.1) is 0 Å². The molecule has 3 saturated heterocycles. The third-order valence-corrected chi connectivity index (χ3v) is 14.8. The molecule has 440 valence electrons. The number of allylic oxidation sites excluding steroid dienone is 4. The summed E-state index contributed by atoms with van der Waals surface area (Å²) >= 11 is 0. The molecule has 0 spiro atoms. The zero-order valence-corrected chi connectivity index (χ0v) is 45.5. The first-order chi connectivity index (χ1) is 36.3. The van der Waals surface area contributed by atoms with E-state index < -0.39 is 124 Å². The molecule has 3 aliphatic heterocycles. The molecule has 75 heavy (non-hydrogen) atoms. The van der Waals surface area contributed by atoms with E-state index >= 15 is 0 Å². The molecule has 3 aliphatic rings. The Labute approximate surface area is 448 Å². The number of ether oxygens (including phenoxy) is 6. The summed E-state index contributed by atoms with van der Waals surface area (Å²) in [4.78, 5) is 13.3. The van der Waals surface area contributed by atoms with Gasteiger partial charge in [-0.25, -0.2) is 0 Å². The number of hydrogen-bond acceptors (Lipinski definition) is 18. The molecule has 17 atom stereocenters. The molecule has 0 aliphatic carbocycles.